The fourth-order valence-electron chi connectivity index (χ4n) is 2.36. The van der Waals surface area contributed by atoms with Gasteiger partial charge in [0.15, 0.2) is 0 Å². The van der Waals surface area contributed by atoms with E-state index in [-0.39, 0.29) is 24.2 Å². The van der Waals surface area contributed by atoms with Gasteiger partial charge in [0.25, 0.3) is 0 Å². The van der Waals surface area contributed by atoms with Gasteiger partial charge in [-0.3, -0.25) is 14.8 Å². The van der Waals surface area contributed by atoms with E-state index in [1.807, 2.05) is 18.2 Å². The van der Waals surface area contributed by atoms with Gasteiger partial charge in [0.1, 0.15) is 0 Å². The quantitative estimate of drug-likeness (QED) is 0.888. The summed E-state index contributed by atoms with van der Waals surface area (Å²) < 4.78 is 0. The molecule has 5 nitrogen and oxygen atoms in total. The minimum Gasteiger partial charge on any atom is -0.326 e. The molecule has 0 aliphatic carbocycles. The van der Waals surface area contributed by atoms with Crippen LogP contribution >= 0.6 is 12.4 Å². The molecule has 1 saturated heterocycles. The molecule has 1 aromatic carbocycles. The number of carbonyl (C=O) groups is 1. The fraction of sp³-hybridized carbons (Fsp3) is 0.357. The number of hydrogen-bond donors (Lipinski definition) is 2. The summed E-state index contributed by atoms with van der Waals surface area (Å²) in [5.74, 6) is 0.141. The Balaban J connectivity index is 0.00000147. The third kappa shape index (κ3) is 3.23. The minimum atomic E-state index is 0. The van der Waals surface area contributed by atoms with Crippen molar-refractivity contribution < 1.29 is 4.79 Å². The Labute approximate surface area is 123 Å². The molecule has 106 valence electrons. The summed E-state index contributed by atoms with van der Waals surface area (Å²) >= 11 is 0. The molecular formula is C14H17ClN4O. The molecule has 1 amide bonds. The van der Waals surface area contributed by atoms with Gasteiger partial charge in [-0.05, 0) is 37.6 Å². The first-order chi connectivity index (χ1) is 9.33. The molecule has 1 aliphatic heterocycles. The third-order valence-corrected chi connectivity index (χ3v) is 3.40. The van der Waals surface area contributed by atoms with Gasteiger partial charge >= 0.3 is 0 Å². The molecule has 0 spiro atoms. The standard InChI is InChI=1S/C14H16N4O.ClH/c19-14(10-2-1-5-15-9-10)18-11-3-4-12-13(8-11)17-7-6-16-12;/h3-4,6-8,10,15H,1-2,5,9H2,(H,18,19);1H. The first-order valence-electron chi connectivity index (χ1n) is 6.55. The molecule has 2 N–H and O–H groups in total. The van der Waals surface area contributed by atoms with E-state index in [9.17, 15) is 4.79 Å². The van der Waals surface area contributed by atoms with Crippen LogP contribution in [0.1, 0.15) is 12.8 Å². The van der Waals surface area contributed by atoms with E-state index in [2.05, 4.69) is 20.6 Å². The lowest BCUT2D eigenvalue weighted by atomic mass is 9.99. The van der Waals surface area contributed by atoms with Gasteiger partial charge in [-0.25, -0.2) is 0 Å². The largest absolute Gasteiger partial charge is 0.326 e. The molecule has 20 heavy (non-hydrogen) atoms. The predicted octanol–water partition coefficient (Wildman–Crippen LogP) is 1.99. The maximum absolute atomic E-state index is 12.1. The van der Waals surface area contributed by atoms with Crippen LogP contribution in [0.4, 0.5) is 5.69 Å². The lowest BCUT2D eigenvalue weighted by Crippen LogP contribution is -2.37. The number of benzene rings is 1. The molecule has 2 heterocycles. The Kier molecular flexibility index (Phi) is 4.87. The molecule has 0 radical (unpaired) electrons. The minimum absolute atomic E-state index is 0. The number of aromatic nitrogens is 2. The van der Waals surface area contributed by atoms with Crippen LogP contribution in [0.5, 0.6) is 0 Å². The number of anilines is 1. The van der Waals surface area contributed by atoms with Crippen LogP contribution in [-0.2, 0) is 4.79 Å². The Morgan fingerprint density at radius 3 is 2.80 bits per heavy atom. The highest BCUT2D eigenvalue weighted by atomic mass is 35.5. The normalized spacial score (nSPS) is 18.3. The number of nitrogens with zero attached hydrogens (tertiary/aromatic N) is 2. The number of hydrogen-bond acceptors (Lipinski definition) is 4. The number of rotatable bonds is 2. The predicted molar refractivity (Wildman–Crippen MR) is 81.0 cm³/mol. The number of piperidine rings is 1. The van der Waals surface area contributed by atoms with Gasteiger partial charge in [0.05, 0.1) is 17.0 Å². The van der Waals surface area contributed by atoms with Crippen molar-refractivity contribution >= 4 is 35.0 Å². The topological polar surface area (TPSA) is 66.9 Å². The van der Waals surface area contributed by atoms with Crippen molar-refractivity contribution in [1.29, 1.82) is 0 Å². The summed E-state index contributed by atoms with van der Waals surface area (Å²) in [5, 5.41) is 6.21. The van der Waals surface area contributed by atoms with Gasteiger partial charge in [-0.15, -0.1) is 12.4 Å². The van der Waals surface area contributed by atoms with Gasteiger partial charge in [0, 0.05) is 24.6 Å². The van der Waals surface area contributed by atoms with Crippen LogP contribution in [0.2, 0.25) is 0 Å². The van der Waals surface area contributed by atoms with Gasteiger partial charge < -0.3 is 10.6 Å². The second-order valence-corrected chi connectivity index (χ2v) is 4.79. The first kappa shape index (κ1) is 14.7. The number of halogens is 1. The van der Waals surface area contributed by atoms with Gasteiger partial charge in [-0.2, -0.15) is 0 Å². The van der Waals surface area contributed by atoms with Crippen molar-refractivity contribution in [1.82, 2.24) is 15.3 Å². The van der Waals surface area contributed by atoms with E-state index in [1.165, 1.54) is 0 Å². The summed E-state index contributed by atoms with van der Waals surface area (Å²) in [5.41, 5.74) is 2.41. The molecule has 1 aliphatic rings. The molecule has 1 fully saturated rings. The average Bonchev–Trinajstić information content (AvgIpc) is 2.48. The molecule has 6 heteroatoms. The van der Waals surface area contributed by atoms with Crippen molar-refractivity contribution in [2.75, 3.05) is 18.4 Å². The zero-order valence-electron chi connectivity index (χ0n) is 11.0. The Morgan fingerprint density at radius 1 is 1.25 bits per heavy atom. The molecule has 1 unspecified atom stereocenters. The van der Waals surface area contributed by atoms with Crippen molar-refractivity contribution in [2.24, 2.45) is 5.92 Å². The van der Waals surface area contributed by atoms with Crippen molar-refractivity contribution in [3.05, 3.63) is 30.6 Å². The van der Waals surface area contributed by atoms with E-state index in [0.29, 0.717) is 0 Å². The Morgan fingerprint density at radius 2 is 2.05 bits per heavy atom. The van der Waals surface area contributed by atoms with E-state index in [4.69, 9.17) is 0 Å². The lowest BCUT2D eigenvalue weighted by Gasteiger charge is -2.21. The van der Waals surface area contributed by atoms with E-state index < -0.39 is 0 Å². The van der Waals surface area contributed by atoms with Crippen molar-refractivity contribution in [2.45, 2.75) is 12.8 Å². The highest BCUT2D eigenvalue weighted by Gasteiger charge is 2.20. The van der Waals surface area contributed by atoms with Gasteiger partial charge in [-0.1, -0.05) is 0 Å². The SMILES string of the molecule is Cl.O=C(Nc1ccc2nccnc2c1)C1CCCNC1. The highest BCUT2D eigenvalue weighted by molar-refractivity contribution is 5.94. The number of fused-ring (bicyclic) bond motifs is 1. The smallest absolute Gasteiger partial charge is 0.228 e. The average molecular weight is 293 g/mol. The Bertz CT molecular complexity index is 598. The summed E-state index contributed by atoms with van der Waals surface area (Å²) in [7, 11) is 0. The summed E-state index contributed by atoms with van der Waals surface area (Å²) in [6, 6.07) is 5.60. The molecule has 3 rings (SSSR count). The van der Waals surface area contributed by atoms with Crippen LogP contribution in [0.25, 0.3) is 11.0 Å². The molecular weight excluding hydrogens is 276 g/mol. The lowest BCUT2D eigenvalue weighted by molar-refractivity contribution is -0.120. The molecule has 0 saturated carbocycles. The second kappa shape index (κ2) is 6.63. The molecule has 1 atom stereocenters. The zero-order chi connectivity index (χ0) is 13.1. The Hall–Kier alpha value is -1.72. The van der Waals surface area contributed by atoms with Crippen LogP contribution in [0.15, 0.2) is 30.6 Å². The fourth-order valence-corrected chi connectivity index (χ4v) is 2.36. The number of amides is 1. The number of nitrogens with one attached hydrogen (secondary N) is 2. The van der Waals surface area contributed by atoms with E-state index in [1.54, 1.807) is 12.4 Å². The van der Waals surface area contributed by atoms with E-state index >= 15 is 0 Å². The van der Waals surface area contributed by atoms with E-state index in [0.717, 1.165) is 42.7 Å². The monoisotopic (exact) mass is 292 g/mol. The van der Waals surface area contributed by atoms with Crippen LogP contribution in [0.3, 0.4) is 0 Å². The van der Waals surface area contributed by atoms with Crippen LogP contribution in [0, 0.1) is 5.92 Å². The maximum atomic E-state index is 12.1. The van der Waals surface area contributed by atoms with Crippen LogP contribution < -0.4 is 10.6 Å². The van der Waals surface area contributed by atoms with Crippen molar-refractivity contribution in [3.63, 3.8) is 0 Å². The first-order valence-corrected chi connectivity index (χ1v) is 6.55. The van der Waals surface area contributed by atoms with Gasteiger partial charge in [0.2, 0.25) is 5.91 Å². The summed E-state index contributed by atoms with van der Waals surface area (Å²) in [4.78, 5) is 20.6. The summed E-state index contributed by atoms with van der Waals surface area (Å²) in [6.45, 7) is 1.77. The highest BCUT2D eigenvalue weighted by Crippen LogP contribution is 2.17. The zero-order valence-corrected chi connectivity index (χ0v) is 11.8. The maximum Gasteiger partial charge on any atom is 0.228 e. The second-order valence-electron chi connectivity index (χ2n) is 4.79. The van der Waals surface area contributed by atoms with Crippen molar-refractivity contribution in [3.8, 4) is 0 Å². The number of carbonyl (C=O) groups excluding carboxylic acids is 1. The summed E-state index contributed by atoms with van der Waals surface area (Å²) in [6.07, 6.45) is 5.32. The molecule has 1 aromatic heterocycles. The molecule has 0 bridgehead atoms. The van der Waals surface area contributed by atoms with Crippen LogP contribution in [-0.4, -0.2) is 29.0 Å². The third-order valence-electron chi connectivity index (χ3n) is 3.40. The molecule has 2 aromatic rings.